The average molecular weight is 265 g/mol. The maximum atomic E-state index is 8.95. The highest BCUT2D eigenvalue weighted by atomic mass is 14.9. The molecule has 102 valence electrons. The molecule has 1 aromatic heterocycles. The number of nitrogens with zero attached hydrogens (tertiary/aromatic N) is 2. The predicted octanol–water partition coefficient (Wildman–Crippen LogP) is 3.13. The van der Waals surface area contributed by atoms with Crippen LogP contribution in [0, 0.1) is 11.3 Å². The lowest BCUT2D eigenvalue weighted by Crippen LogP contribution is -2.09. The molecule has 0 saturated carbocycles. The van der Waals surface area contributed by atoms with Crippen LogP contribution in [0.3, 0.4) is 0 Å². The molecule has 0 spiro atoms. The number of aryl methyl sites for hydroxylation is 1. The van der Waals surface area contributed by atoms with E-state index in [9.17, 15) is 0 Å². The van der Waals surface area contributed by atoms with E-state index in [4.69, 9.17) is 11.0 Å². The van der Waals surface area contributed by atoms with E-state index in [-0.39, 0.29) is 6.04 Å². The van der Waals surface area contributed by atoms with Crippen LogP contribution in [0.4, 0.5) is 0 Å². The monoisotopic (exact) mass is 265 g/mol. The van der Waals surface area contributed by atoms with Crippen LogP contribution in [0.2, 0.25) is 0 Å². The van der Waals surface area contributed by atoms with Crippen molar-refractivity contribution in [1.29, 1.82) is 5.26 Å². The van der Waals surface area contributed by atoms with Crippen molar-refractivity contribution in [1.82, 2.24) is 4.57 Å². The molecule has 0 amide bonds. The second-order valence-electron chi connectivity index (χ2n) is 5.58. The van der Waals surface area contributed by atoms with Crippen LogP contribution in [-0.4, -0.2) is 4.57 Å². The van der Waals surface area contributed by atoms with Gasteiger partial charge < -0.3 is 10.3 Å². The molecule has 1 heterocycles. The van der Waals surface area contributed by atoms with Gasteiger partial charge in [-0.15, -0.1) is 0 Å². The van der Waals surface area contributed by atoms with Crippen molar-refractivity contribution in [2.75, 3.05) is 0 Å². The van der Waals surface area contributed by atoms with E-state index in [0.29, 0.717) is 5.56 Å². The zero-order chi connectivity index (χ0) is 13.9. The van der Waals surface area contributed by atoms with Crippen molar-refractivity contribution in [2.45, 2.75) is 38.3 Å². The van der Waals surface area contributed by atoms with Gasteiger partial charge in [-0.25, -0.2) is 0 Å². The van der Waals surface area contributed by atoms with Gasteiger partial charge in [0.25, 0.3) is 0 Å². The largest absolute Gasteiger partial charge is 0.349 e. The van der Waals surface area contributed by atoms with E-state index in [1.54, 1.807) is 0 Å². The zero-order valence-corrected chi connectivity index (χ0v) is 11.5. The fraction of sp³-hybridized carbons (Fsp3) is 0.353. The Morgan fingerprint density at radius 3 is 3.05 bits per heavy atom. The van der Waals surface area contributed by atoms with Crippen molar-refractivity contribution in [2.24, 2.45) is 5.73 Å². The third-order valence-electron chi connectivity index (χ3n) is 4.03. The number of benzene rings is 1. The van der Waals surface area contributed by atoms with Gasteiger partial charge >= 0.3 is 0 Å². The highest BCUT2D eigenvalue weighted by Crippen LogP contribution is 2.28. The summed E-state index contributed by atoms with van der Waals surface area (Å²) in [5.41, 5.74) is 10.8. The SMILES string of the molecule is N#Cc1cccc(Cn2cc3c(c2)C(N)CCCC3)c1. The summed E-state index contributed by atoms with van der Waals surface area (Å²) in [6, 6.07) is 10.2. The lowest BCUT2D eigenvalue weighted by Gasteiger charge is -2.07. The van der Waals surface area contributed by atoms with Crippen molar-refractivity contribution < 1.29 is 0 Å². The maximum absolute atomic E-state index is 8.95. The minimum atomic E-state index is 0.180. The summed E-state index contributed by atoms with van der Waals surface area (Å²) in [6.07, 6.45) is 9.08. The maximum Gasteiger partial charge on any atom is 0.0991 e. The van der Waals surface area contributed by atoms with Gasteiger partial charge in [-0.1, -0.05) is 18.6 Å². The molecule has 0 saturated heterocycles. The van der Waals surface area contributed by atoms with Gasteiger partial charge in [0.05, 0.1) is 11.6 Å². The number of hydrogen-bond acceptors (Lipinski definition) is 2. The molecular formula is C17H19N3. The topological polar surface area (TPSA) is 54.7 Å². The highest BCUT2D eigenvalue weighted by molar-refractivity contribution is 5.34. The summed E-state index contributed by atoms with van der Waals surface area (Å²) in [5.74, 6) is 0. The average Bonchev–Trinajstić information content (AvgIpc) is 2.78. The standard InChI is InChI=1S/C17H19N3/c18-9-13-4-3-5-14(8-13)10-20-11-15-6-1-2-7-17(19)16(15)12-20/h3-5,8,11-12,17H,1-2,6-7,10,19H2. The predicted molar refractivity (Wildman–Crippen MR) is 79.2 cm³/mol. The number of nitrogens with two attached hydrogens (primary N) is 1. The molecule has 0 fully saturated rings. The van der Waals surface area contributed by atoms with E-state index in [2.05, 4.69) is 29.1 Å². The molecule has 1 atom stereocenters. The number of hydrogen-bond donors (Lipinski definition) is 1. The van der Waals surface area contributed by atoms with Gasteiger partial charge in [0.2, 0.25) is 0 Å². The fourth-order valence-corrected chi connectivity index (χ4v) is 2.99. The second kappa shape index (κ2) is 5.52. The Balaban J connectivity index is 1.85. The van der Waals surface area contributed by atoms with E-state index < -0.39 is 0 Å². The van der Waals surface area contributed by atoms with Crippen LogP contribution in [0.15, 0.2) is 36.7 Å². The second-order valence-corrected chi connectivity index (χ2v) is 5.58. The van der Waals surface area contributed by atoms with E-state index >= 15 is 0 Å². The summed E-state index contributed by atoms with van der Waals surface area (Å²) >= 11 is 0. The molecular weight excluding hydrogens is 246 g/mol. The van der Waals surface area contributed by atoms with Gasteiger partial charge in [0, 0.05) is 25.0 Å². The summed E-state index contributed by atoms with van der Waals surface area (Å²) in [6.45, 7) is 0.801. The number of nitriles is 1. The molecule has 0 aliphatic heterocycles. The van der Waals surface area contributed by atoms with Crippen LogP contribution in [0.5, 0.6) is 0 Å². The first-order valence-corrected chi connectivity index (χ1v) is 7.19. The van der Waals surface area contributed by atoms with Crippen molar-refractivity contribution in [3.63, 3.8) is 0 Å². The summed E-state index contributed by atoms with van der Waals surface area (Å²) < 4.78 is 2.20. The van der Waals surface area contributed by atoms with Gasteiger partial charge in [-0.3, -0.25) is 0 Å². The van der Waals surface area contributed by atoms with Gasteiger partial charge in [-0.05, 0) is 48.1 Å². The zero-order valence-electron chi connectivity index (χ0n) is 11.5. The molecule has 20 heavy (non-hydrogen) atoms. The summed E-state index contributed by atoms with van der Waals surface area (Å²) in [4.78, 5) is 0. The minimum absolute atomic E-state index is 0.180. The van der Waals surface area contributed by atoms with Crippen LogP contribution in [-0.2, 0) is 13.0 Å². The molecule has 3 rings (SSSR count). The van der Waals surface area contributed by atoms with Crippen LogP contribution < -0.4 is 5.73 Å². The van der Waals surface area contributed by atoms with Crippen LogP contribution in [0.25, 0.3) is 0 Å². The molecule has 2 N–H and O–H groups in total. The Morgan fingerprint density at radius 1 is 1.30 bits per heavy atom. The molecule has 1 unspecified atom stereocenters. The number of rotatable bonds is 2. The first kappa shape index (κ1) is 13.0. The van der Waals surface area contributed by atoms with Gasteiger partial charge in [0.1, 0.15) is 0 Å². The van der Waals surface area contributed by atoms with Crippen LogP contribution >= 0.6 is 0 Å². The lowest BCUT2D eigenvalue weighted by atomic mass is 10.1. The van der Waals surface area contributed by atoms with Crippen molar-refractivity contribution in [3.05, 3.63) is 58.9 Å². The van der Waals surface area contributed by atoms with Crippen molar-refractivity contribution in [3.8, 4) is 6.07 Å². The summed E-state index contributed by atoms with van der Waals surface area (Å²) in [7, 11) is 0. The third kappa shape index (κ3) is 2.61. The Morgan fingerprint density at radius 2 is 2.20 bits per heavy atom. The Hall–Kier alpha value is -2.05. The highest BCUT2D eigenvalue weighted by Gasteiger charge is 2.17. The quantitative estimate of drug-likeness (QED) is 0.848. The minimum Gasteiger partial charge on any atom is -0.349 e. The Bertz CT molecular complexity index is 648. The Labute approximate surface area is 119 Å². The molecule has 1 aliphatic carbocycles. The smallest absolute Gasteiger partial charge is 0.0991 e. The third-order valence-corrected chi connectivity index (χ3v) is 4.03. The molecule has 3 nitrogen and oxygen atoms in total. The summed E-state index contributed by atoms with van der Waals surface area (Å²) in [5, 5.41) is 8.95. The van der Waals surface area contributed by atoms with Gasteiger partial charge in [0.15, 0.2) is 0 Å². The lowest BCUT2D eigenvalue weighted by molar-refractivity contribution is 0.610. The Kier molecular flexibility index (Phi) is 3.58. The molecule has 1 aliphatic rings. The molecule has 3 heteroatoms. The molecule has 1 aromatic carbocycles. The molecule has 0 bridgehead atoms. The van der Waals surface area contributed by atoms with Crippen molar-refractivity contribution >= 4 is 0 Å². The first-order chi connectivity index (χ1) is 9.76. The van der Waals surface area contributed by atoms with E-state index in [0.717, 1.165) is 24.9 Å². The number of aromatic nitrogens is 1. The fourth-order valence-electron chi connectivity index (χ4n) is 2.99. The van der Waals surface area contributed by atoms with E-state index in [1.807, 2.05) is 18.2 Å². The molecule has 2 aromatic rings. The van der Waals surface area contributed by atoms with Gasteiger partial charge in [-0.2, -0.15) is 5.26 Å². The van der Waals surface area contributed by atoms with E-state index in [1.165, 1.54) is 24.0 Å². The number of fused-ring (bicyclic) bond motifs is 1. The molecule has 0 radical (unpaired) electrons. The normalized spacial score (nSPS) is 18.1. The first-order valence-electron chi connectivity index (χ1n) is 7.19. The van der Waals surface area contributed by atoms with Crippen LogP contribution in [0.1, 0.15) is 47.6 Å².